The van der Waals surface area contributed by atoms with Crippen LogP contribution in [-0.2, 0) is 4.79 Å². The molecular weight excluding hydrogens is 397 g/mol. The van der Waals surface area contributed by atoms with Crippen molar-refractivity contribution in [1.82, 2.24) is 9.80 Å². The number of para-hydroxylation sites is 1. The van der Waals surface area contributed by atoms with Crippen molar-refractivity contribution < 1.29 is 9.59 Å². The minimum atomic E-state index is -0.0711. The first-order valence-corrected chi connectivity index (χ1v) is 9.93. The average molecular weight is 420 g/mol. The van der Waals surface area contributed by atoms with Gasteiger partial charge in [0.05, 0.1) is 16.6 Å². The van der Waals surface area contributed by atoms with Gasteiger partial charge in [-0.15, -0.1) is 0 Å². The Labute approximate surface area is 175 Å². The van der Waals surface area contributed by atoms with Crippen molar-refractivity contribution in [3.8, 4) is 0 Å². The Morgan fingerprint density at radius 3 is 2.21 bits per heavy atom. The quantitative estimate of drug-likeness (QED) is 0.814. The molecule has 1 aliphatic heterocycles. The fraction of sp³-hybridized carbons (Fsp3) is 0.333. The van der Waals surface area contributed by atoms with Crippen molar-refractivity contribution in [1.29, 1.82) is 0 Å². The van der Waals surface area contributed by atoms with Gasteiger partial charge in [-0.2, -0.15) is 0 Å². The zero-order valence-electron chi connectivity index (χ0n) is 16.0. The normalized spacial score (nSPS) is 14.8. The molecule has 0 spiro atoms. The van der Waals surface area contributed by atoms with Gasteiger partial charge in [0.25, 0.3) is 5.91 Å². The SMILES string of the molecule is Cc1cccc(C)c1NC(=O)CN1CCN(C(=O)c2ccc(Cl)c(Cl)c2)CC1. The van der Waals surface area contributed by atoms with E-state index in [9.17, 15) is 9.59 Å². The summed E-state index contributed by atoms with van der Waals surface area (Å²) in [5.41, 5.74) is 3.49. The van der Waals surface area contributed by atoms with Gasteiger partial charge in [0.1, 0.15) is 0 Å². The third kappa shape index (κ3) is 4.85. The summed E-state index contributed by atoms with van der Waals surface area (Å²) >= 11 is 11.9. The molecule has 0 aliphatic carbocycles. The maximum Gasteiger partial charge on any atom is 0.253 e. The molecule has 2 amide bonds. The predicted octanol–water partition coefficient (Wildman–Crippen LogP) is 4.01. The van der Waals surface area contributed by atoms with E-state index < -0.39 is 0 Å². The lowest BCUT2D eigenvalue weighted by Gasteiger charge is -2.34. The first-order valence-electron chi connectivity index (χ1n) is 9.18. The van der Waals surface area contributed by atoms with E-state index in [0.29, 0.717) is 48.3 Å². The first kappa shape index (κ1) is 20.6. The van der Waals surface area contributed by atoms with E-state index in [1.807, 2.05) is 32.0 Å². The van der Waals surface area contributed by atoms with Gasteiger partial charge in [0, 0.05) is 37.4 Å². The van der Waals surface area contributed by atoms with Crippen LogP contribution < -0.4 is 5.32 Å². The minimum Gasteiger partial charge on any atom is -0.336 e. The predicted molar refractivity (Wildman–Crippen MR) is 113 cm³/mol. The van der Waals surface area contributed by atoms with Crippen LogP contribution in [0.15, 0.2) is 36.4 Å². The molecule has 0 unspecified atom stereocenters. The van der Waals surface area contributed by atoms with Gasteiger partial charge in [-0.25, -0.2) is 0 Å². The lowest BCUT2D eigenvalue weighted by Crippen LogP contribution is -2.50. The van der Waals surface area contributed by atoms with Crippen molar-refractivity contribution in [3.05, 3.63) is 63.1 Å². The number of hydrogen-bond donors (Lipinski definition) is 1. The van der Waals surface area contributed by atoms with Crippen LogP contribution in [0.5, 0.6) is 0 Å². The maximum absolute atomic E-state index is 12.6. The van der Waals surface area contributed by atoms with Crippen LogP contribution in [0.1, 0.15) is 21.5 Å². The van der Waals surface area contributed by atoms with E-state index in [-0.39, 0.29) is 11.8 Å². The largest absolute Gasteiger partial charge is 0.336 e. The van der Waals surface area contributed by atoms with Gasteiger partial charge >= 0.3 is 0 Å². The number of amides is 2. The number of anilines is 1. The van der Waals surface area contributed by atoms with Crippen LogP contribution >= 0.6 is 23.2 Å². The number of aryl methyl sites for hydroxylation is 2. The molecule has 2 aromatic rings. The number of carbonyl (C=O) groups is 2. The molecule has 1 fully saturated rings. The molecule has 0 aromatic heterocycles. The second-order valence-electron chi connectivity index (χ2n) is 7.01. The highest BCUT2D eigenvalue weighted by molar-refractivity contribution is 6.42. The second kappa shape index (κ2) is 8.95. The zero-order valence-corrected chi connectivity index (χ0v) is 17.5. The van der Waals surface area contributed by atoms with Crippen molar-refractivity contribution in [3.63, 3.8) is 0 Å². The summed E-state index contributed by atoms with van der Waals surface area (Å²) in [5, 5.41) is 3.81. The maximum atomic E-state index is 12.6. The highest BCUT2D eigenvalue weighted by Crippen LogP contribution is 2.23. The molecule has 0 atom stereocenters. The molecule has 1 heterocycles. The Morgan fingerprint density at radius 2 is 1.61 bits per heavy atom. The number of halogens is 2. The lowest BCUT2D eigenvalue weighted by atomic mass is 10.1. The summed E-state index contributed by atoms with van der Waals surface area (Å²) < 4.78 is 0. The van der Waals surface area contributed by atoms with Gasteiger partial charge in [-0.1, -0.05) is 41.4 Å². The molecule has 148 valence electrons. The number of rotatable bonds is 4. The molecule has 5 nitrogen and oxygen atoms in total. The number of nitrogens with one attached hydrogen (secondary N) is 1. The van der Waals surface area contributed by atoms with E-state index in [4.69, 9.17) is 23.2 Å². The minimum absolute atomic E-state index is 0.0401. The summed E-state index contributed by atoms with van der Waals surface area (Å²) in [5.74, 6) is -0.111. The number of piperazine rings is 1. The molecule has 1 aliphatic rings. The van der Waals surface area contributed by atoms with E-state index >= 15 is 0 Å². The van der Waals surface area contributed by atoms with Crippen LogP contribution in [-0.4, -0.2) is 54.3 Å². The highest BCUT2D eigenvalue weighted by Gasteiger charge is 2.24. The molecule has 2 aromatic carbocycles. The topological polar surface area (TPSA) is 52.7 Å². The van der Waals surface area contributed by atoms with E-state index in [0.717, 1.165) is 16.8 Å². The molecule has 7 heteroatoms. The Kier molecular flexibility index (Phi) is 6.60. The van der Waals surface area contributed by atoms with Crippen LogP contribution in [0.25, 0.3) is 0 Å². The molecule has 0 bridgehead atoms. The summed E-state index contributed by atoms with van der Waals surface area (Å²) in [6.07, 6.45) is 0. The smallest absolute Gasteiger partial charge is 0.253 e. The van der Waals surface area contributed by atoms with Crippen molar-refractivity contribution in [2.24, 2.45) is 0 Å². The molecule has 3 rings (SSSR count). The Bertz CT molecular complexity index is 873. The molecule has 0 saturated carbocycles. The van der Waals surface area contributed by atoms with Crippen LogP contribution in [0.4, 0.5) is 5.69 Å². The van der Waals surface area contributed by atoms with Crippen molar-refractivity contribution in [2.75, 3.05) is 38.0 Å². The number of nitrogens with zero attached hydrogens (tertiary/aromatic N) is 2. The van der Waals surface area contributed by atoms with E-state index in [1.165, 1.54) is 0 Å². The van der Waals surface area contributed by atoms with Crippen LogP contribution in [0.3, 0.4) is 0 Å². The third-order valence-electron chi connectivity index (χ3n) is 4.94. The number of carbonyl (C=O) groups excluding carboxylic acids is 2. The summed E-state index contributed by atoms with van der Waals surface area (Å²) in [6, 6.07) is 10.8. The fourth-order valence-electron chi connectivity index (χ4n) is 3.31. The molecule has 1 N–H and O–H groups in total. The molecule has 28 heavy (non-hydrogen) atoms. The molecular formula is C21H23Cl2N3O2. The second-order valence-corrected chi connectivity index (χ2v) is 7.83. The van der Waals surface area contributed by atoms with Crippen LogP contribution in [0.2, 0.25) is 10.0 Å². The van der Waals surface area contributed by atoms with Crippen molar-refractivity contribution >= 4 is 40.7 Å². The molecule has 1 saturated heterocycles. The number of benzene rings is 2. The highest BCUT2D eigenvalue weighted by atomic mass is 35.5. The van der Waals surface area contributed by atoms with Crippen LogP contribution in [0, 0.1) is 13.8 Å². The standard InChI is InChI=1S/C21H23Cl2N3O2/c1-14-4-3-5-15(2)20(14)24-19(27)13-25-8-10-26(11-9-25)21(28)16-6-7-17(22)18(23)12-16/h3-7,12H,8-11,13H2,1-2H3,(H,24,27). The van der Waals surface area contributed by atoms with E-state index in [2.05, 4.69) is 10.2 Å². The third-order valence-corrected chi connectivity index (χ3v) is 5.68. The van der Waals surface area contributed by atoms with Gasteiger partial charge < -0.3 is 10.2 Å². The summed E-state index contributed by atoms with van der Waals surface area (Å²) in [4.78, 5) is 28.9. The summed E-state index contributed by atoms with van der Waals surface area (Å²) in [6.45, 7) is 6.70. The van der Waals surface area contributed by atoms with Gasteiger partial charge in [0.15, 0.2) is 0 Å². The fourth-order valence-corrected chi connectivity index (χ4v) is 3.61. The Balaban J connectivity index is 1.53. The molecule has 0 radical (unpaired) electrons. The van der Waals surface area contributed by atoms with Gasteiger partial charge in [-0.3, -0.25) is 14.5 Å². The summed E-state index contributed by atoms with van der Waals surface area (Å²) in [7, 11) is 0. The van der Waals surface area contributed by atoms with E-state index in [1.54, 1.807) is 23.1 Å². The Hall–Kier alpha value is -2.08. The van der Waals surface area contributed by atoms with Gasteiger partial charge in [-0.05, 0) is 43.2 Å². The number of hydrogen-bond acceptors (Lipinski definition) is 3. The zero-order chi connectivity index (χ0) is 20.3. The monoisotopic (exact) mass is 419 g/mol. The Morgan fingerprint density at radius 1 is 0.964 bits per heavy atom. The first-order chi connectivity index (χ1) is 13.3. The lowest BCUT2D eigenvalue weighted by molar-refractivity contribution is -0.117. The van der Waals surface area contributed by atoms with Gasteiger partial charge in [0.2, 0.25) is 5.91 Å². The average Bonchev–Trinajstić information content (AvgIpc) is 2.67. The van der Waals surface area contributed by atoms with Crippen molar-refractivity contribution in [2.45, 2.75) is 13.8 Å².